The number of methoxy groups -OCH3 is 1. The molecule has 1 aromatic carbocycles. The number of hydrogen-bond acceptors (Lipinski definition) is 5. The molecule has 0 amide bonds. The molecule has 1 aromatic rings. The molecule has 0 saturated carbocycles. The van der Waals surface area contributed by atoms with Gasteiger partial charge in [0.25, 0.3) is 0 Å². The third kappa shape index (κ3) is 8.04. The Morgan fingerprint density at radius 3 is 2.44 bits per heavy atom. The molecule has 2 aliphatic heterocycles. The molecule has 32 heavy (non-hydrogen) atoms. The number of nitrogens with zero attached hydrogens (tertiary/aromatic N) is 4. The number of ether oxygens (including phenoxy) is 1. The second-order valence-corrected chi connectivity index (χ2v) is 8.88. The lowest BCUT2D eigenvalue weighted by Gasteiger charge is -2.38. The van der Waals surface area contributed by atoms with Crippen LogP contribution in [0.2, 0.25) is 0 Å². The van der Waals surface area contributed by atoms with Crippen LogP contribution >= 0.6 is 24.0 Å². The molecule has 7 nitrogen and oxygen atoms in total. The molecular weight excluding hydrogens is 515 g/mol. The Bertz CT molecular complexity index is 680. The van der Waals surface area contributed by atoms with Crippen LogP contribution < -0.4 is 15.4 Å². The highest BCUT2D eigenvalue weighted by atomic mass is 127. The molecule has 2 saturated heterocycles. The van der Waals surface area contributed by atoms with Gasteiger partial charge in [-0.05, 0) is 64.6 Å². The summed E-state index contributed by atoms with van der Waals surface area (Å²) in [5.41, 5.74) is 1.32. The normalized spacial score (nSPS) is 22.1. The van der Waals surface area contributed by atoms with Crippen molar-refractivity contribution in [3.8, 4) is 5.75 Å². The molecule has 2 unspecified atom stereocenters. The number of piperidine rings is 1. The van der Waals surface area contributed by atoms with Gasteiger partial charge in [0.15, 0.2) is 5.96 Å². The molecule has 8 heteroatoms. The third-order valence-electron chi connectivity index (χ3n) is 6.58. The van der Waals surface area contributed by atoms with Crippen LogP contribution in [0.5, 0.6) is 5.75 Å². The van der Waals surface area contributed by atoms with E-state index in [9.17, 15) is 0 Å². The summed E-state index contributed by atoms with van der Waals surface area (Å²) in [5.74, 6) is 1.82. The van der Waals surface area contributed by atoms with E-state index in [4.69, 9.17) is 9.73 Å². The van der Waals surface area contributed by atoms with E-state index in [0.29, 0.717) is 12.1 Å². The van der Waals surface area contributed by atoms with Gasteiger partial charge >= 0.3 is 0 Å². The van der Waals surface area contributed by atoms with Gasteiger partial charge in [-0.1, -0.05) is 18.6 Å². The van der Waals surface area contributed by atoms with Crippen LogP contribution in [0, 0.1) is 0 Å². The number of rotatable bonds is 8. The summed E-state index contributed by atoms with van der Waals surface area (Å²) in [4.78, 5) is 12.5. The zero-order chi connectivity index (χ0) is 22.1. The summed E-state index contributed by atoms with van der Waals surface area (Å²) in [5, 5.41) is 7.05. The zero-order valence-electron chi connectivity index (χ0n) is 20.3. The average Bonchev–Trinajstić information content (AvgIpc) is 2.80. The van der Waals surface area contributed by atoms with Crippen LogP contribution in [-0.2, 0) is 0 Å². The van der Waals surface area contributed by atoms with Crippen molar-refractivity contribution in [1.82, 2.24) is 25.3 Å². The first-order chi connectivity index (χ1) is 15.1. The quantitative estimate of drug-likeness (QED) is 0.291. The predicted octanol–water partition coefficient (Wildman–Crippen LogP) is 2.64. The van der Waals surface area contributed by atoms with Gasteiger partial charge in [0.05, 0.1) is 19.7 Å². The summed E-state index contributed by atoms with van der Waals surface area (Å²) in [6.07, 6.45) is 3.88. The third-order valence-corrected chi connectivity index (χ3v) is 6.58. The summed E-state index contributed by atoms with van der Waals surface area (Å²) in [6, 6.07) is 9.32. The van der Waals surface area contributed by atoms with Crippen LogP contribution in [0.1, 0.15) is 37.8 Å². The number of hydrogen-bond donors (Lipinski definition) is 2. The number of halogens is 1. The van der Waals surface area contributed by atoms with Crippen LogP contribution in [0.15, 0.2) is 29.3 Å². The van der Waals surface area contributed by atoms with Crippen molar-refractivity contribution in [2.75, 3.05) is 73.6 Å². The average molecular weight is 559 g/mol. The fourth-order valence-electron chi connectivity index (χ4n) is 4.54. The maximum Gasteiger partial charge on any atom is 0.191 e. The van der Waals surface area contributed by atoms with Gasteiger partial charge in [-0.2, -0.15) is 0 Å². The number of likely N-dealkylation sites (tertiary alicyclic amines) is 1. The van der Waals surface area contributed by atoms with Gasteiger partial charge in [0.2, 0.25) is 0 Å². The molecule has 2 N–H and O–H groups in total. The molecule has 2 atom stereocenters. The van der Waals surface area contributed by atoms with E-state index in [1.165, 1.54) is 24.8 Å². The Labute approximate surface area is 212 Å². The fourth-order valence-corrected chi connectivity index (χ4v) is 4.54. The first kappa shape index (κ1) is 27.1. The fraction of sp³-hybridized carbons (Fsp3) is 0.708. The van der Waals surface area contributed by atoms with Crippen LogP contribution in [0.4, 0.5) is 0 Å². The van der Waals surface area contributed by atoms with E-state index in [1.54, 1.807) is 7.11 Å². The maximum atomic E-state index is 5.36. The minimum Gasteiger partial charge on any atom is -0.497 e. The highest BCUT2D eigenvalue weighted by molar-refractivity contribution is 14.0. The van der Waals surface area contributed by atoms with Crippen LogP contribution in [0.25, 0.3) is 0 Å². The Kier molecular flexibility index (Phi) is 12.1. The molecule has 0 aromatic heterocycles. The molecule has 2 aliphatic rings. The number of likely N-dealkylation sites (N-methyl/N-ethyl adjacent to an activating group) is 2. The van der Waals surface area contributed by atoms with E-state index >= 15 is 0 Å². The van der Waals surface area contributed by atoms with Crippen molar-refractivity contribution in [1.29, 1.82) is 0 Å². The number of aliphatic imine (C=N–C) groups is 1. The molecule has 2 fully saturated rings. The van der Waals surface area contributed by atoms with Gasteiger partial charge < -0.3 is 20.3 Å². The van der Waals surface area contributed by atoms with Crippen molar-refractivity contribution in [3.05, 3.63) is 29.8 Å². The smallest absolute Gasteiger partial charge is 0.191 e. The molecule has 2 heterocycles. The van der Waals surface area contributed by atoms with Crippen LogP contribution in [0.3, 0.4) is 0 Å². The lowest BCUT2D eigenvalue weighted by Crippen LogP contribution is -2.55. The molecule has 182 valence electrons. The Balaban J connectivity index is 0.00000363. The Morgan fingerprint density at radius 2 is 1.78 bits per heavy atom. The predicted molar refractivity (Wildman–Crippen MR) is 144 cm³/mol. The molecule has 0 spiro atoms. The van der Waals surface area contributed by atoms with Crippen molar-refractivity contribution >= 4 is 29.9 Å². The number of benzene rings is 1. The highest BCUT2D eigenvalue weighted by Gasteiger charge is 2.24. The highest BCUT2D eigenvalue weighted by Crippen LogP contribution is 2.26. The lowest BCUT2D eigenvalue weighted by molar-refractivity contribution is 0.116. The van der Waals surface area contributed by atoms with E-state index in [0.717, 1.165) is 64.1 Å². The second kappa shape index (κ2) is 14.2. The molecule has 0 aliphatic carbocycles. The van der Waals surface area contributed by atoms with Crippen LogP contribution in [-0.4, -0.2) is 100 Å². The lowest BCUT2D eigenvalue weighted by atomic mass is 10.0. The zero-order valence-corrected chi connectivity index (χ0v) is 22.7. The summed E-state index contributed by atoms with van der Waals surface area (Å²) in [7, 11) is 6.15. The standard InChI is InChI=1S/C24H42N6O.HI/c1-5-25-24(26-17-21-19-28(2)15-16-29(21)3)27-18-23(30-13-7-6-8-14-30)20-9-11-22(31-4)12-10-20;/h9-12,21,23H,5-8,13-19H2,1-4H3,(H2,25,26,27);1H. The Morgan fingerprint density at radius 1 is 1.06 bits per heavy atom. The van der Waals surface area contributed by atoms with Gasteiger partial charge in [-0.3, -0.25) is 14.8 Å². The van der Waals surface area contributed by atoms with Crippen molar-refractivity contribution < 1.29 is 4.74 Å². The van der Waals surface area contributed by atoms with Crippen molar-refractivity contribution in [3.63, 3.8) is 0 Å². The SMILES string of the molecule is CCNC(=NCC(c1ccc(OC)cc1)N1CCCCC1)NCC1CN(C)CCN1C.I. The number of guanidine groups is 1. The van der Waals surface area contributed by atoms with E-state index in [-0.39, 0.29) is 24.0 Å². The van der Waals surface area contributed by atoms with E-state index in [2.05, 4.69) is 70.6 Å². The number of piperazine rings is 1. The first-order valence-corrected chi connectivity index (χ1v) is 11.9. The summed E-state index contributed by atoms with van der Waals surface area (Å²) in [6.45, 7) is 10.3. The van der Waals surface area contributed by atoms with Crippen molar-refractivity contribution in [2.45, 2.75) is 38.3 Å². The molecule has 0 bridgehead atoms. The van der Waals surface area contributed by atoms with E-state index < -0.39 is 0 Å². The van der Waals surface area contributed by atoms with Crippen molar-refractivity contribution in [2.24, 2.45) is 4.99 Å². The first-order valence-electron chi connectivity index (χ1n) is 11.9. The van der Waals surface area contributed by atoms with Gasteiger partial charge in [0, 0.05) is 38.8 Å². The van der Waals surface area contributed by atoms with Gasteiger partial charge in [-0.15, -0.1) is 24.0 Å². The topological polar surface area (TPSA) is 55.4 Å². The largest absolute Gasteiger partial charge is 0.497 e. The van der Waals surface area contributed by atoms with E-state index in [1.807, 2.05) is 0 Å². The minimum atomic E-state index is 0. The molecular formula is C24H43IN6O. The molecule has 3 rings (SSSR count). The van der Waals surface area contributed by atoms with Gasteiger partial charge in [-0.25, -0.2) is 0 Å². The number of nitrogens with one attached hydrogen (secondary N) is 2. The minimum absolute atomic E-state index is 0. The summed E-state index contributed by atoms with van der Waals surface area (Å²) >= 11 is 0. The molecule has 0 radical (unpaired) electrons. The monoisotopic (exact) mass is 558 g/mol. The van der Waals surface area contributed by atoms with Gasteiger partial charge in [0.1, 0.15) is 5.75 Å². The Hall–Kier alpha value is -1.10. The maximum absolute atomic E-state index is 5.36. The summed E-state index contributed by atoms with van der Waals surface area (Å²) < 4.78 is 5.36. The second-order valence-electron chi connectivity index (χ2n) is 8.88.